The predicted octanol–water partition coefficient (Wildman–Crippen LogP) is 3.66. The van der Waals surface area contributed by atoms with Crippen molar-refractivity contribution in [2.45, 2.75) is 32.3 Å². The number of amides is 1. The number of rotatable bonds is 5. The average Bonchev–Trinajstić information content (AvgIpc) is 3.01. The third kappa shape index (κ3) is 4.48. The average molecular weight is 345 g/mol. The van der Waals surface area contributed by atoms with Crippen LogP contribution in [-0.4, -0.2) is 35.0 Å². The molecule has 0 saturated carbocycles. The fourth-order valence-corrected chi connectivity index (χ4v) is 3.12. The number of hydrogen-bond donors (Lipinski definition) is 0. The lowest BCUT2D eigenvalue weighted by Gasteiger charge is -2.17. The standard InChI is InChI=1S/C19H21ClN2O2/c1-14-4-2-7-18(21-14)24-17-10-11-22(13-17)19(23)9-8-15-5-3-6-16(20)12-15/h2-7,12,17H,8-11,13H2,1H3/t17-/m1/s1. The predicted molar refractivity (Wildman–Crippen MR) is 94.4 cm³/mol. The van der Waals surface area contributed by atoms with Crippen LogP contribution in [-0.2, 0) is 11.2 Å². The summed E-state index contributed by atoms with van der Waals surface area (Å²) in [6.07, 6.45) is 2.07. The Morgan fingerprint density at radius 3 is 2.96 bits per heavy atom. The molecule has 1 aliphatic heterocycles. The molecule has 0 N–H and O–H groups in total. The molecular weight excluding hydrogens is 324 g/mol. The lowest BCUT2D eigenvalue weighted by Crippen LogP contribution is -2.31. The molecule has 24 heavy (non-hydrogen) atoms. The van der Waals surface area contributed by atoms with Crippen molar-refractivity contribution in [3.05, 3.63) is 58.7 Å². The SMILES string of the molecule is Cc1cccc(O[C@@H]2CCN(C(=O)CCc3cccc(Cl)c3)C2)n1. The van der Waals surface area contributed by atoms with Crippen molar-refractivity contribution < 1.29 is 9.53 Å². The van der Waals surface area contributed by atoms with Crippen LogP contribution in [0.15, 0.2) is 42.5 Å². The fourth-order valence-electron chi connectivity index (χ4n) is 2.91. The minimum absolute atomic E-state index is 0.0226. The molecule has 0 bridgehead atoms. The number of hydrogen-bond acceptors (Lipinski definition) is 3. The van der Waals surface area contributed by atoms with Crippen molar-refractivity contribution >= 4 is 17.5 Å². The molecule has 1 saturated heterocycles. The molecule has 0 unspecified atom stereocenters. The van der Waals surface area contributed by atoms with Crippen LogP contribution in [0.5, 0.6) is 5.88 Å². The van der Waals surface area contributed by atoms with E-state index in [1.807, 2.05) is 54.3 Å². The maximum Gasteiger partial charge on any atom is 0.223 e. The first kappa shape index (κ1) is 16.8. The third-order valence-electron chi connectivity index (χ3n) is 4.16. The molecule has 126 valence electrons. The van der Waals surface area contributed by atoms with Gasteiger partial charge in [0.1, 0.15) is 6.10 Å². The third-order valence-corrected chi connectivity index (χ3v) is 4.40. The van der Waals surface area contributed by atoms with E-state index in [0.29, 0.717) is 30.3 Å². The van der Waals surface area contributed by atoms with Gasteiger partial charge in [-0.2, -0.15) is 0 Å². The van der Waals surface area contributed by atoms with Gasteiger partial charge in [-0.15, -0.1) is 0 Å². The summed E-state index contributed by atoms with van der Waals surface area (Å²) in [5.41, 5.74) is 2.02. The molecule has 1 atom stereocenters. The summed E-state index contributed by atoms with van der Waals surface area (Å²) in [7, 11) is 0. The van der Waals surface area contributed by atoms with Gasteiger partial charge in [-0.05, 0) is 37.1 Å². The number of aromatic nitrogens is 1. The second kappa shape index (κ2) is 7.67. The van der Waals surface area contributed by atoms with Crippen LogP contribution >= 0.6 is 11.6 Å². The van der Waals surface area contributed by atoms with Crippen LogP contribution in [0.1, 0.15) is 24.1 Å². The Morgan fingerprint density at radius 2 is 2.17 bits per heavy atom. The summed E-state index contributed by atoms with van der Waals surface area (Å²) in [5, 5.41) is 0.709. The van der Waals surface area contributed by atoms with E-state index in [9.17, 15) is 4.79 Å². The first-order chi connectivity index (χ1) is 11.6. The van der Waals surface area contributed by atoms with Crippen molar-refractivity contribution in [3.8, 4) is 5.88 Å². The minimum atomic E-state index is 0.0226. The Kier molecular flexibility index (Phi) is 5.36. The molecule has 1 aliphatic rings. The first-order valence-corrected chi connectivity index (χ1v) is 8.60. The highest BCUT2D eigenvalue weighted by molar-refractivity contribution is 6.30. The van der Waals surface area contributed by atoms with Gasteiger partial charge in [-0.25, -0.2) is 4.98 Å². The first-order valence-electron chi connectivity index (χ1n) is 8.23. The summed E-state index contributed by atoms with van der Waals surface area (Å²) < 4.78 is 5.89. The monoisotopic (exact) mass is 344 g/mol. The Balaban J connectivity index is 1.49. The number of carbonyl (C=O) groups excluding carboxylic acids is 1. The zero-order valence-electron chi connectivity index (χ0n) is 13.7. The van der Waals surface area contributed by atoms with Gasteiger partial charge >= 0.3 is 0 Å². The van der Waals surface area contributed by atoms with Gasteiger partial charge in [0.05, 0.1) is 6.54 Å². The maximum absolute atomic E-state index is 12.4. The maximum atomic E-state index is 12.4. The van der Waals surface area contributed by atoms with Crippen molar-refractivity contribution in [2.75, 3.05) is 13.1 Å². The molecule has 3 rings (SSSR count). The molecule has 0 aliphatic carbocycles. The molecule has 1 aromatic carbocycles. The van der Waals surface area contributed by atoms with Crippen molar-refractivity contribution in [3.63, 3.8) is 0 Å². The summed E-state index contributed by atoms with van der Waals surface area (Å²) in [4.78, 5) is 18.6. The van der Waals surface area contributed by atoms with E-state index in [0.717, 1.165) is 24.2 Å². The zero-order valence-corrected chi connectivity index (χ0v) is 14.5. The molecule has 0 radical (unpaired) electrons. The minimum Gasteiger partial charge on any atom is -0.472 e. The highest BCUT2D eigenvalue weighted by Gasteiger charge is 2.27. The number of pyridine rings is 1. The Hall–Kier alpha value is -2.07. The largest absolute Gasteiger partial charge is 0.472 e. The molecule has 5 heteroatoms. The van der Waals surface area contributed by atoms with Gasteiger partial charge in [-0.1, -0.05) is 29.8 Å². The second-order valence-corrected chi connectivity index (χ2v) is 6.55. The summed E-state index contributed by atoms with van der Waals surface area (Å²) in [5.74, 6) is 0.798. The zero-order chi connectivity index (χ0) is 16.9. The number of carbonyl (C=O) groups is 1. The Morgan fingerprint density at radius 1 is 1.33 bits per heavy atom. The molecule has 4 nitrogen and oxygen atoms in total. The number of aryl methyl sites for hydroxylation is 2. The van der Waals surface area contributed by atoms with Gasteiger partial charge in [0, 0.05) is 36.2 Å². The van der Waals surface area contributed by atoms with Gasteiger partial charge in [0.15, 0.2) is 0 Å². The van der Waals surface area contributed by atoms with E-state index in [2.05, 4.69) is 4.98 Å². The highest BCUT2D eigenvalue weighted by atomic mass is 35.5. The number of likely N-dealkylation sites (tertiary alicyclic amines) is 1. The fraction of sp³-hybridized carbons (Fsp3) is 0.368. The van der Waals surface area contributed by atoms with Crippen LogP contribution in [0, 0.1) is 6.92 Å². The van der Waals surface area contributed by atoms with Crippen molar-refractivity contribution in [2.24, 2.45) is 0 Å². The smallest absolute Gasteiger partial charge is 0.223 e. The van der Waals surface area contributed by atoms with Crippen LogP contribution in [0.25, 0.3) is 0 Å². The molecule has 1 aromatic heterocycles. The van der Waals surface area contributed by atoms with Crippen LogP contribution in [0.4, 0.5) is 0 Å². The van der Waals surface area contributed by atoms with E-state index in [4.69, 9.17) is 16.3 Å². The number of benzene rings is 1. The molecule has 2 aromatic rings. The number of halogens is 1. The van der Waals surface area contributed by atoms with Gasteiger partial charge in [0.2, 0.25) is 11.8 Å². The van der Waals surface area contributed by atoms with E-state index >= 15 is 0 Å². The highest BCUT2D eigenvalue weighted by Crippen LogP contribution is 2.18. The Bertz CT molecular complexity index is 720. The van der Waals surface area contributed by atoms with Crippen molar-refractivity contribution in [1.29, 1.82) is 0 Å². The van der Waals surface area contributed by atoms with Gasteiger partial charge < -0.3 is 9.64 Å². The molecule has 0 spiro atoms. The number of ether oxygens (including phenoxy) is 1. The topological polar surface area (TPSA) is 42.4 Å². The quantitative estimate of drug-likeness (QED) is 0.831. The van der Waals surface area contributed by atoms with E-state index in [1.54, 1.807) is 0 Å². The lowest BCUT2D eigenvalue weighted by molar-refractivity contribution is -0.130. The van der Waals surface area contributed by atoms with Crippen LogP contribution in [0.2, 0.25) is 5.02 Å². The number of nitrogens with zero attached hydrogens (tertiary/aromatic N) is 2. The lowest BCUT2D eigenvalue weighted by atomic mass is 10.1. The molecule has 1 fully saturated rings. The van der Waals surface area contributed by atoms with E-state index in [1.165, 1.54) is 0 Å². The van der Waals surface area contributed by atoms with Gasteiger partial charge in [-0.3, -0.25) is 4.79 Å². The van der Waals surface area contributed by atoms with Crippen LogP contribution < -0.4 is 4.74 Å². The van der Waals surface area contributed by atoms with Gasteiger partial charge in [0.25, 0.3) is 0 Å². The van der Waals surface area contributed by atoms with E-state index in [-0.39, 0.29) is 12.0 Å². The summed E-state index contributed by atoms with van der Waals surface area (Å²) in [6, 6.07) is 13.4. The molecule has 1 amide bonds. The van der Waals surface area contributed by atoms with E-state index < -0.39 is 0 Å². The molecular formula is C19H21ClN2O2. The Labute approximate surface area is 147 Å². The second-order valence-electron chi connectivity index (χ2n) is 6.12. The summed E-state index contributed by atoms with van der Waals surface area (Å²) in [6.45, 7) is 3.31. The van der Waals surface area contributed by atoms with Crippen LogP contribution in [0.3, 0.4) is 0 Å². The summed E-state index contributed by atoms with van der Waals surface area (Å²) >= 11 is 5.98. The molecule has 2 heterocycles. The normalized spacial score (nSPS) is 17.1. The van der Waals surface area contributed by atoms with Crippen molar-refractivity contribution in [1.82, 2.24) is 9.88 Å².